The molecule has 2 rings (SSSR count). The molecule has 118 valence electrons. The highest BCUT2D eigenvalue weighted by molar-refractivity contribution is 7.09. The molecule has 1 unspecified atom stereocenters. The molecular formula is C18H18N2O2S. The topological polar surface area (TPSA) is 53.3 Å². The molecule has 0 saturated carbocycles. The van der Waals surface area contributed by atoms with E-state index in [4.69, 9.17) is 10.00 Å². The number of carbonyl (C=O) groups is 1. The summed E-state index contributed by atoms with van der Waals surface area (Å²) in [5.74, 6) is 0.403. The molecule has 1 amide bonds. The molecule has 0 fully saturated rings. The Morgan fingerprint density at radius 3 is 2.96 bits per heavy atom. The van der Waals surface area contributed by atoms with Gasteiger partial charge < -0.3 is 9.64 Å². The molecule has 1 atom stereocenters. The van der Waals surface area contributed by atoms with E-state index < -0.39 is 6.10 Å². The summed E-state index contributed by atoms with van der Waals surface area (Å²) in [4.78, 5) is 15.4. The highest BCUT2D eigenvalue weighted by Gasteiger charge is 2.22. The number of hydrogen-bond donors (Lipinski definition) is 0. The molecule has 1 heterocycles. The van der Waals surface area contributed by atoms with Crippen LogP contribution in [0.15, 0.2) is 54.4 Å². The fourth-order valence-corrected chi connectivity index (χ4v) is 2.85. The first-order valence-electron chi connectivity index (χ1n) is 7.23. The lowest BCUT2D eigenvalue weighted by atomic mass is 10.2. The maximum atomic E-state index is 12.6. The largest absolute Gasteiger partial charge is 0.481 e. The average molecular weight is 326 g/mol. The van der Waals surface area contributed by atoms with E-state index in [2.05, 4.69) is 12.6 Å². The van der Waals surface area contributed by atoms with Gasteiger partial charge in [0.25, 0.3) is 5.91 Å². The van der Waals surface area contributed by atoms with Crippen LogP contribution >= 0.6 is 11.3 Å². The second-order valence-electron chi connectivity index (χ2n) is 4.99. The second-order valence-corrected chi connectivity index (χ2v) is 6.02. The number of carbonyl (C=O) groups excluding carboxylic acids is 1. The van der Waals surface area contributed by atoms with Gasteiger partial charge in [-0.1, -0.05) is 18.2 Å². The molecule has 0 radical (unpaired) electrons. The third kappa shape index (κ3) is 4.70. The molecule has 0 bridgehead atoms. The number of nitrogens with zero attached hydrogens (tertiary/aromatic N) is 2. The Hall–Kier alpha value is -2.58. The number of ether oxygens (including phenoxy) is 1. The maximum Gasteiger partial charge on any atom is 0.263 e. The number of rotatable bonds is 7. The zero-order valence-electron chi connectivity index (χ0n) is 12.9. The maximum absolute atomic E-state index is 12.6. The van der Waals surface area contributed by atoms with E-state index in [0.717, 1.165) is 4.88 Å². The Bertz CT molecular complexity index is 704. The minimum atomic E-state index is -0.635. The van der Waals surface area contributed by atoms with Crippen LogP contribution < -0.4 is 4.74 Å². The number of benzene rings is 1. The van der Waals surface area contributed by atoms with Gasteiger partial charge in [0.1, 0.15) is 5.75 Å². The van der Waals surface area contributed by atoms with Crippen molar-refractivity contribution >= 4 is 17.2 Å². The Balaban J connectivity index is 2.05. The van der Waals surface area contributed by atoms with Crippen molar-refractivity contribution in [3.63, 3.8) is 0 Å². The molecule has 1 aromatic carbocycles. The summed E-state index contributed by atoms with van der Waals surface area (Å²) in [6.07, 6.45) is 1.07. The van der Waals surface area contributed by atoms with E-state index in [1.54, 1.807) is 53.5 Å². The number of nitriles is 1. The van der Waals surface area contributed by atoms with Crippen molar-refractivity contribution in [3.8, 4) is 11.8 Å². The van der Waals surface area contributed by atoms with Crippen LogP contribution in [-0.2, 0) is 11.3 Å². The number of hydrogen-bond acceptors (Lipinski definition) is 4. The minimum absolute atomic E-state index is 0.110. The molecule has 0 N–H and O–H groups in total. The van der Waals surface area contributed by atoms with E-state index in [-0.39, 0.29) is 5.91 Å². The SMILES string of the molecule is C=CCN(Cc1cccs1)C(=O)C(C)Oc1cccc(C#N)c1. The normalized spacial score (nSPS) is 11.3. The van der Waals surface area contributed by atoms with Crippen LogP contribution in [-0.4, -0.2) is 23.5 Å². The summed E-state index contributed by atoms with van der Waals surface area (Å²) in [5, 5.41) is 10.9. The van der Waals surface area contributed by atoms with Gasteiger partial charge in [-0.05, 0) is 36.6 Å². The molecule has 5 heteroatoms. The van der Waals surface area contributed by atoms with Crippen LogP contribution in [0.25, 0.3) is 0 Å². The molecule has 0 aliphatic rings. The number of amides is 1. The van der Waals surface area contributed by atoms with Crippen LogP contribution in [0.1, 0.15) is 17.4 Å². The fraction of sp³-hybridized carbons (Fsp3) is 0.222. The Morgan fingerprint density at radius 2 is 2.30 bits per heavy atom. The third-order valence-corrected chi connectivity index (χ3v) is 4.07. The van der Waals surface area contributed by atoms with Gasteiger partial charge in [-0.15, -0.1) is 17.9 Å². The van der Waals surface area contributed by atoms with E-state index in [1.165, 1.54) is 0 Å². The standard InChI is InChI=1S/C18H18N2O2S/c1-3-9-20(13-17-8-5-10-23-17)18(21)14(2)22-16-7-4-6-15(11-16)12-19/h3-8,10-11,14H,1,9,13H2,2H3. The van der Waals surface area contributed by atoms with E-state index in [1.807, 2.05) is 17.5 Å². The first kappa shape index (κ1) is 16.8. The summed E-state index contributed by atoms with van der Waals surface area (Å²) in [7, 11) is 0. The highest BCUT2D eigenvalue weighted by atomic mass is 32.1. The van der Waals surface area contributed by atoms with Crippen molar-refractivity contribution in [1.29, 1.82) is 5.26 Å². The molecular weight excluding hydrogens is 308 g/mol. The fourth-order valence-electron chi connectivity index (χ4n) is 2.13. The van der Waals surface area contributed by atoms with Gasteiger partial charge >= 0.3 is 0 Å². The van der Waals surface area contributed by atoms with Crippen molar-refractivity contribution in [2.45, 2.75) is 19.6 Å². The Kier molecular flexibility index (Phi) is 5.95. The van der Waals surface area contributed by atoms with Gasteiger partial charge in [0, 0.05) is 11.4 Å². The first-order chi connectivity index (χ1) is 11.1. The minimum Gasteiger partial charge on any atom is -0.481 e. The van der Waals surface area contributed by atoms with Crippen LogP contribution in [0.2, 0.25) is 0 Å². The molecule has 4 nitrogen and oxygen atoms in total. The monoisotopic (exact) mass is 326 g/mol. The van der Waals surface area contributed by atoms with E-state index in [0.29, 0.717) is 24.4 Å². The van der Waals surface area contributed by atoms with Crippen LogP contribution in [0, 0.1) is 11.3 Å². The van der Waals surface area contributed by atoms with Crippen molar-refractivity contribution in [1.82, 2.24) is 4.90 Å². The third-order valence-electron chi connectivity index (χ3n) is 3.21. The quantitative estimate of drug-likeness (QED) is 0.731. The summed E-state index contributed by atoms with van der Waals surface area (Å²) in [6, 6.07) is 12.8. The van der Waals surface area contributed by atoms with Crippen molar-refractivity contribution in [3.05, 3.63) is 64.9 Å². The zero-order valence-corrected chi connectivity index (χ0v) is 13.8. The molecule has 23 heavy (non-hydrogen) atoms. The van der Waals surface area contributed by atoms with E-state index in [9.17, 15) is 4.79 Å². The smallest absolute Gasteiger partial charge is 0.263 e. The molecule has 0 aliphatic carbocycles. The summed E-state index contributed by atoms with van der Waals surface area (Å²) < 4.78 is 5.69. The first-order valence-corrected chi connectivity index (χ1v) is 8.11. The Labute approximate surface area is 140 Å². The van der Waals surface area contributed by atoms with Gasteiger partial charge in [0.2, 0.25) is 0 Å². The molecule has 0 spiro atoms. The summed E-state index contributed by atoms with van der Waals surface area (Å²) in [5.41, 5.74) is 0.503. The van der Waals surface area contributed by atoms with Crippen LogP contribution in [0.3, 0.4) is 0 Å². The van der Waals surface area contributed by atoms with Crippen molar-refractivity contribution in [2.24, 2.45) is 0 Å². The summed E-state index contributed by atoms with van der Waals surface area (Å²) >= 11 is 1.61. The van der Waals surface area contributed by atoms with Gasteiger partial charge in [0.05, 0.1) is 18.2 Å². The lowest BCUT2D eigenvalue weighted by molar-refractivity contribution is -0.138. The lowest BCUT2D eigenvalue weighted by Crippen LogP contribution is -2.40. The lowest BCUT2D eigenvalue weighted by Gasteiger charge is -2.24. The van der Waals surface area contributed by atoms with Gasteiger partial charge in [0.15, 0.2) is 6.10 Å². The highest BCUT2D eigenvalue weighted by Crippen LogP contribution is 2.17. The van der Waals surface area contributed by atoms with Crippen LogP contribution in [0.4, 0.5) is 0 Å². The zero-order chi connectivity index (χ0) is 16.7. The van der Waals surface area contributed by atoms with Gasteiger partial charge in [-0.2, -0.15) is 5.26 Å². The van der Waals surface area contributed by atoms with Crippen molar-refractivity contribution < 1.29 is 9.53 Å². The predicted molar refractivity (Wildman–Crippen MR) is 91.2 cm³/mol. The average Bonchev–Trinajstić information content (AvgIpc) is 3.07. The molecule has 1 aromatic heterocycles. The van der Waals surface area contributed by atoms with E-state index >= 15 is 0 Å². The molecule has 0 saturated heterocycles. The predicted octanol–water partition coefficient (Wildman–Crippen LogP) is 3.60. The second kappa shape index (κ2) is 8.16. The van der Waals surface area contributed by atoms with Crippen molar-refractivity contribution in [2.75, 3.05) is 6.54 Å². The van der Waals surface area contributed by atoms with Crippen LogP contribution in [0.5, 0.6) is 5.75 Å². The molecule has 2 aromatic rings. The van der Waals surface area contributed by atoms with Gasteiger partial charge in [-0.25, -0.2) is 0 Å². The number of thiophene rings is 1. The van der Waals surface area contributed by atoms with Gasteiger partial charge in [-0.3, -0.25) is 4.79 Å². The molecule has 0 aliphatic heterocycles. The Morgan fingerprint density at radius 1 is 1.48 bits per heavy atom. The summed E-state index contributed by atoms with van der Waals surface area (Å²) in [6.45, 7) is 6.42.